The number of aryl methyl sites for hydroxylation is 1. The molecule has 1 aliphatic heterocycles. The number of rotatable bonds is 11. The van der Waals surface area contributed by atoms with Crippen molar-refractivity contribution >= 4 is 17.9 Å². The molecule has 12 nitrogen and oxygen atoms in total. The van der Waals surface area contributed by atoms with Crippen molar-refractivity contribution in [3.8, 4) is 33.6 Å². The molecule has 6 atom stereocenters. The van der Waals surface area contributed by atoms with Crippen molar-refractivity contribution in [2.75, 3.05) is 13.7 Å². The van der Waals surface area contributed by atoms with Gasteiger partial charge in [-0.15, -0.1) is 0 Å². The van der Waals surface area contributed by atoms with Gasteiger partial charge in [0.05, 0.1) is 42.9 Å². The maximum absolute atomic E-state index is 13.6. The lowest BCUT2D eigenvalue weighted by Gasteiger charge is -2.30. The molecule has 2 saturated carbocycles. The van der Waals surface area contributed by atoms with E-state index in [4.69, 9.17) is 9.72 Å². The summed E-state index contributed by atoms with van der Waals surface area (Å²) in [5.41, 5.74) is 8.05. The number of carbonyl (C=O) groups excluding carboxylic acids is 3. The van der Waals surface area contributed by atoms with Gasteiger partial charge in [0.2, 0.25) is 11.8 Å². The molecule has 2 aliphatic carbocycles. The molecular formula is C44H50N8O4. The van der Waals surface area contributed by atoms with Gasteiger partial charge in [0, 0.05) is 30.9 Å². The van der Waals surface area contributed by atoms with E-state index in [9.17, 15) is 14.4 Å². The number of aromatic amines is 2. The number of hydrogen-bond donors (Lipinski definition) is 4. The van der Waals surface area contributed by atoms with Crippen LogP contribution >= 0.6 is 0 Å². The van der Waals surface area contributed by atoms with Crippen LogP contribution in [0, 0.1) is 30.6 Å². The zero-order valence-electron chi connectivity index (χ0n) is 32.4. The highest BCUT2D eigenvalue weighted by atomic mass is 16.5. The fourth-order valence-corrected chi connectivity index (χ4v) is 9.25. The topological polar surface area (TPSA) is 158 Å². The van der Waals surface area contributed by atoms with Crippen molar-refractivity contribution < 1.29 is 19.1 Å². The Balaban J connectivity index is 0.918. The highest BCUT2D eigenvalue weighted by molar-refractivity contribution is 5.86. The maximum atomic E-state index is 13.6. The third kappa shape index (κ3) is 7.32. The number of benzene rings is 2. The quantitative estimate of drug-likeness (QED) is 0.110. The van der Waals surface area contributed by atoms with Gasteiger partial charge in [0.15, 0.2) is 0 Å². The van der Waals surface area contributed by atoms with Crippen molar-refractivity contribution in [3.63, 3.8) is 0 Å². The minimum absolute atomic E-state index is 0.0793. The summed E-state index contributed by atoms with van der Waals surface area (Å²) < 4.78 is 4.76. The first-order valence-corrected chi connectivity index (χ1v) is 19.8. The molecule has 8 rings (SSSR count). The number of imidazole rings is 2. The molecule has 56 heavy (non-hydrogen) atoms. The zero-order chi connectivity index (χ0) is 38.9. The average Bonchev–Trinajstić information content (AvgIpc) is 4.08. The minimum atomic E-state index is -0.677. The molecule has 3 unspecified atom stereocenters. The standard InChI is InChI=1S/C44H50N8O4/c1-25(2)39(51-44(55)56-4)43(54)52-20-6-8-36(52)40-46-23-34(49-40)29-13-9-27(10-14-29)28-11-15-30(16-12-28)35-24-47-41(50-35)37-31-17-18-32(21-31)38(37)42(53)48-22-33-7-5-19-45-26(33)3/h5,7,9-16,19,23-25,31-32,36-39H,6,8,17-18,20-22H2,1-4H3,(H,46,49)(H,47,50)(H,48,53)(H,51,55)/t31?,32?,36-,37?,38-,39-/m0/s1. The van der Waals surface area contributed by atoms with Crippen molar-refractivity contribution in [3.05, 3.63) is 102 Å². The number of likely N-dealkylation sites (tertiary alicyclic amines) is 1. The van der Waals surface area contributed by atoms with Gasteiger partial charge in [-0.3, -0.25) is 14.6 Å². The second-order valence-corrected chi connectivity index (χ2v) is 15.9. The molecule has 3 amide bonds. The first-order valence-electron chi connectivity index (χ1n) is 19.8. The van der Waals surface area contributed by atoms with Crippen LogP contribution in [0.5, 0.6) is 0 Å². The Hall–Kier alpha value is -5.78. The molecule has 290 valence electrons. The van der Waals surface area contributed by atoms with Gasteiger partial charge in [-0.25, -0.2) is 14.8 Å². The largest absolute Gasteiger partial charge is 0.453 e. The van der Waals surface area contributed by atoms with Crippen LogP contribution < -0.4 is 10.6 Å². The molecule has 4 N–H and O–H groups in total. The number of nitrogens with zero attached hydrogens (tertiary/aromatic N) is 4. The predicted molar refractivity (Wildman–Crippen MR) is 213 cm³/mol. The fraction of sp³-hybridized carbons (Fsp3) is 0.409. The fourth-order valence-electron chi connectivity index (χ4n) is 9.25. The average molecular weight is 755 g/mol. The Labute approximate surface area is 327 Å². The van der Waals surface area contributed by atoms with Gasteiger partial charge >= 0.3 is 6.09 Å². The third-order valence-electron chi connectivity index (χ3n) is 12.3. The van der Waals surface area contributed by atoms with E-state index in [0.29, 0.717) is 24.9 Å². The molecule has 4 heterocycles. The lowest BCUT2D eigenvalue weighted by molar-refractivity contribution is -0.135. The summed E-state index contributed by atoms with van der Waals surface area (Å²) in [4.78, 5) is 61.9. The van der Waals surface area contributed by atoms with Crippen molar-refractivity contribution in [2.24, 2.45) is 23.7 Å². The number of hydrogen-bond acceptors (Lipinski definition) is 7. The van der Waals surface area contributed by atoms with E-state index in [0.717, 1.165) is 88.7 Å². The van der Waals surface area contributed by atoms with Gasteiger partial charge in [-0.05, 0) is 90.7 Å². The maximum Gasteiger partial charge on any atom is 0.407 e. The first kappa shape index (κ1) is 37.2. The highest BCUT2D eigenvalue weighted by Gasteiger charge is 2.52. The Kier molecular flexibility index (Phi) is 10.5. The number of alkyl carbamates (subject to hydrolysis) is 1. The Bertz CT molecular complexity index is 2190. The van der Waals surface area contributed by atoms with E-state index >= 15 is 0 Å². The highest BCUT2D eigenvalue weighted by Crippen LogP contribution is 2.56. The third-order valence-corrected chi connectivity index (χ3v) is 12.3. The van der Waals surface area contributed by atoms with Crippen molar-refractivity contribution in [1.29, 1.82) is 0 Å². The van der Waals surface area contributed by atoms with Gasteiger partial charge in [-0.1, -0.05) is 68.4 Å². The molecule has 2 aromatic carbocycles. The number of amides is 3. The van der Waals surface area contributed by atoms with Crippen LogP contribution in [0.3, 0.4) is 0 Å². The van der Waals surface area contributed by atoms with Crippen LogP contribution in [0.1, 0.15) is 80.8 Å². The molecule has 3 aromatic heterocycles. The molecule has 5 aromatic rings. The van der Waals surface area contributed by atoms with Crippen molar-refractivity contribution in [1.82, 2.24) is 40.5 Å². The van der Waals surface area contributed by atoms with Crippen molar-refractivity contribution in [2.45, 2.75) is 77.4 Å². The number of aromatic nitrogens is 5. The van der Waals surface area contributed by atoms with Gasteiger partial charge in [0.25, 0.3) is 0 Å². The Morgan fingerprint density at radius 2 is 1.46 bits per heavy atom. The number of ether oxygens (including phenoxy) is 1. The number of fused-ring (bicyclic) bond motifs is 2. The van der Waals surface area contributed by atoms with Crippen LogP contribution in [0.4, 0.5) is 4.79 Å². The lowest BCUT2D eigenvalue weighted by Crippen LogP contribution is -2.51. The molecule has 0 spiro atoms. The number of H-pyrrole nitrogens is 2. The monoisotopic (exact) mass is 754 g/mol. The minimum Gasteiger partial charge on any atom is -0.453 e. The lowest BCUT2D eigenvalue weighted by atomic mass is 9.78. The summed E-state index contributed by atoms with van der Waals surface area (Å²) in [5.74, 6) is 2.41. The second-order valence-electron chi connectivity index (χ2n) is 15.9. The SMILES string of the molecule is COC(=O)N[C@H](C(=O)N1CCC[C@H]1c1ncc(-c2ccc(-c3ccc(-c4cnc(C5C6CCC(C6)[C@@H]5C(=O)NCc5cccnc5C)[nH]4)cc3)cc2)[nH]1)C(C)C. The summed E-state index contributed by atoms with van der Waals surface area (Å²) >= 11 is 0. The predicted octanol–water partition coefficient (Wildman–Crippen LogP) is 7.33. The molecule has 2 bridgehead atoms. The number of methoxy groups -OCH3 is 1. The van der Waals surface area contributed by atoms with Gasteiger partial charge in [0.1, 0.15) is 17.7 Å². The van der Waals surface area contributed by atoms with E-state index < -0.39 is 12.1 Å². The summed E-state index contributed by atoms with van der Waals surface area (Å²) in [6.45, 7) is 6.89. The molecule has 3 fully saturated rings. The molecule has 0 radical (unpaired) electrons. The van der Waals surface area contributed by atoms with E-state index in [1.807, 2.05) is 50.2 Å². The molecule has 12 heteroatoms. The summed E-state index contributed by atoms with van der Waals surface area (Å²) in [7, 11) is 1.30. The number of nitrogens with one attached hydrogen (secondary N) is 4. The Morgan fingerprint density at radius 1 is 0.839 bits per heavy atom. The van der Waals surface area contributed by atoms with Crippen LogP contribution in [-0.2, 0) is 20.9 Å². The van der Waals surface area contributed by atoms with Crippen LogP contribution in [0.25, 0.3) is 33.6 Å². The summed E-state index contributed by atoms with van der Waals surface area (Å²) in [6, 6.07) is 19.9. The van der Waals surface area contributed by atoms with E-state index in [1.165, 1.54) is 7.11 Å². The molecule has 3 aliphatic rings. The van der Waals surface area contributed by atoms with Crippen LogP contribution in [0.2, 0.25) is 0 Å². The molecule has 1 saturated heterocycles. The number of carbonyl (C=O) groups is 3. The summed E-state index contributed by atoms with van der Waals surface area (Å²) in [6.07, 6.45) is 9.86. The van der Waals surface area contributed by atoms with Gasteiger partial charge in [-0.2, -0.15) is 0 Å². The van der Waals surface area contributed by atoms with E-state index in [-0.39, 0.29) is 35.6 Å². The summed E-state index contributed by atoms with van der Waals surface area (Å²) in [5, 5.41) is 5.92. The first-order chi connectivity index (χ1) is 27.2. The van der Waals surface area contributed by atoms with Crippen LogP contribution in [0.15, 0.2) is 79.3 Å². The normalized spacial score (nSPS) is 22.0. The second kappa shape index (κ2) is 15.8. The van der Waals surface area contributed by atoms with E-state index in [2.05, 4.69) is 79.1 Å². The smallest absolute Gasteiger partial charge is 0.407 e. The van der Waals surface area contributed by atoms with E-state index in [1.54, 1.807) is 6.20 Å². The molecular weight excluding hydrogens is 705 g/mol. The Morgan fingerprint density at radius 3 is 2.11 bits per heavy atom. The zero-order valence-corrected chi connectivity index (χ0v) is 32.4. The van der Waals surface area contributed by atoms with Gasteiger partial charge < -0.3 is 30.2 Å². The number of pyridine rings is 1. The van der Waals surface area contributed by atoms with Crippen LogP contribution in [-0.4, -0.2) is 67.4 Å².